The first-order valence-electron chi connectivity index (χ1n) is 12.0. The normalized spacial score (nSPS) is 20.3. The van der Waals surface area contributed by atoms with E-state index in [0.29, 0.717) is 23.6 Å². The summed E-state index contributed by atoms with van der Waals surface area (Å²) in [6.07, 6.45) is 10.3. The zero-order valence-electron chi connectivity index (χ0n) is 19.0. The van der Waals surface area contributed by atoms with Crippen LogP contribution in [0.15, 0.2) is 44.7 Å². The third kappa shape index (κ3) is 6.43. The minimum Gasteiger partial charge on any atom is -0.406 e. The number of carbonyl (C=O) groups excluding carboxylic acids is 1. The number of nitrogens with zero attached hydrogens (tertiary/aromatic N) is 4. The largest absolute Gasteiger partial charge is 0.406 e. The monoisotopic (exact) mass is 525 g/mol. The second-order valence-corrected chi connectivity index (χ2v) is 11.3. The molecule has 0 aliphatic heterocycles. The Balaban J connectivity index is 1.97. The molecule has 4 rings (SSSR count). The van der Waals surface area contributed by atoms with Gasteiger partial charge in [0, 0.05) is 11.6 Å². The molecular weight excluding hydrogens is 497 g/mol. The summed E-state index contributed by atoms with van der Waals surface area (Å²) in [6, 6.07) is 9.90. The van der Waals surface area contributed by atoms with Gasteiger partial charge in [-0.2, -0.15) is 4.98 Å². The Hall–Kier alpha value is -1.83. The molecule has 0 radical (unpaired) electrons. The number of halogens is 3. The van der Waals surface area contributed by atoms with Crippen molar-refractivity contribution in [3.05, 3.63) is 41.6 Å². The Morgan fingerprint density at radius 1 is 1.03 bits per heavy atom. The van der Waals surface area contributed by atoms with Crippen LogP contribution in [0.5, 0.6) is 0 Å². The number of hydrogen-bond donors (Lipinski definition) is 1. The van der Waals surface area contributed by atoms with Crippen molar-refractivity contribution in [1.29, 1.82) is 0 Å². The Kier molecular flexibility index (Phi) is 8.72. The van der Waals surface area contributed by atoms with E-state index in [4.69, 9.17) is 49.2 Å². The first-order valence-corrected chi connectivity index (χ1v) is 13.1. The summed E-state index contributed by atoms with van der Waals surface area (Å²) in [4.78, 5) is 25.7. The number of benzene rings is 1. The van der Waals surface area contributed by atoms with Crippen LogP contribution in [0, 0.1) is 0 Å². The van der Waals surface area contributed by atoms with Crippen LogP contribution >= 0.6 is 34.8 Å². The summed E-state index contributed by atoms with van der Waals surface area (Å²) in [6.45, 7) is 0. The third-order valence-corrected chi connectivity index (χ3v) is 7.04. The molecule has 34 heavy (non-hydrogen) atoms. The molecule has 1 N–H and O–H groups in total. The summed E-state index contributed by atoms with van der Waals surface area (Å²) in [7, 11) is 0. The Labute approximate surface area is 214 Å². The maximum Gasteiger partial charge on any atom is 0.301 e. The van der Waals surface area contributed by atoms with Gasteiger partial charge < -0.3 is 9.73 Å². The number of nitrogens with one attached hydrogen (secondary N) is 1. The van der Waals surface area contributed by atoms with Crippen LogP contribution in [0.2, 0.25) is 0 Å². The SMILES string of the molecule is O=CNC(/N=c1\nc(-c2ccccc2)oc(=NC2CCCCC2)n1C1CCCCC1)C(Cl)(Cl)Cl. The van der Waals surface area contributed by atoms with Crippen LogP contribution in [0.1, 0.15) is 70.3 Å². The highest BCUT2D eigenvalue weighted by atomic mass is 35.6. The molecule has 2 aliphatic carbocycles. The second kappa shape index (κ2) is 11.7. The van der Waals surface area contributed by atoms with Crippen LogP contribution in [-0.4, -0.2) is 32.0 Å². The van der Waals surface area contributed by atoms with E-state index < -0.39 is 9.96 Å². The molecule has 184 valence electrons. The number of amides is 1. The van der Waals surface area contributed by atoms with E-state index in [1.54, 1.807) is 0 Å². The number of carbonyl (C=O) groups is 1. The van der Waals surface area contributed by atoms with E-state index in [-0.39, 0.29) is 12.1 Å². The van der Waals surface area contributed by atoms with Crippen molar-refractivity contribution >= 4 is 41.2 Å². The smallest absolute Gasteiger partial charge is 0.301 e. The van der Waals surface area contributed by atoms with Crippen LogP contribution in [0.4, 0.5) is 0 Å². The molecule has 1 atom stereocenters. The summed E-state index contributed by atoms with van der Waals surface area (Å²) in [5, 5.41) is 2.50. The molecule has 10 heteroatoms. The molecule has 1 unspecified atom stereocenters. The van der Waals surface area contributed by atoms with Gasteiger partial charge in [0.2, 0.25) is 21.7 Å². The molecule has 1 aromatic carbocycles. The molecule has 2 fully saturated rings. The van der Waals surface area contributed by atoms with Crippen LogP contribution in [0.25, 0.3) is 11.5 Å². The molecule has 1 aromatic heterocycles. The standard InChI is InChI=1S/C24H30Cl3N5O2/c25-24(26,27)21(28-16-33)31-22-30-20(17-10-4-1-5-11-17)34-23(29-18-12-6-2-7-13-18)32(22)19-14-8-3-9-15-19/h1,4-5,10-11,16,18-19,21H,2-3,6-9,12-15H2,(H,28,33)/b29-23?,31-22+. The highest BCUT2D eigenvalue weighted by molar-refractivity contribution is 6.68. The quantitative estimate of drug-likeness (QED) is 0.413. The summed E-state index contributed by atoms with van der Waals surface area (Å²) in [5.41, 5.74) is 1.61. The maximum atomic E-state index is 11.2. The van der Waals surface area contributed by atoms with Crippen molar-refractivity contribution in [3.8, 4) is 11.5 Å². The lowest BCUT2D eigenvalue weighted by atomic mass is 9.95. The van der Waals surface area contributed by atoms with Gasteiger partial charge in [-0.15, -0.1) is 0 Å². The lowest BCUT2D eigenvalue weighted by Crippen LogP contribution is -2.45. The lowest BCUT2D eigenvalue weighted by molar-refractivity contribution is -0.110. The highest BCUT2D eigenvalue weighted by Gasteiger charge is 2.33. The van der Waals surface area contributed by atoms with Gasteiger partial charge in [-0.05, 0) is 37.8 Å². The van der Waals surface area contributed by atoms with Crippen molar-refractivity contribution in [2.24, 2.45) is 9.98 Å². The number of alkyl halides is 3. The van der Waals surface area contributed by atoms with E-state index in [1.165, 1.54) is 12.8 Å². The van der Waals surface area contributed by atoms with Gasteiger partial charge in [0.15, 0.2) is 6.17 Å². The molecule has 0 spiro atoms. The second-order valence-electron chi connectivity index (χ2n) is 8.91. The topological polar surface area (TPSA) is 84.8 Å². The zero-order chi connectivity index (χ0) is 24.0. The van der Waals surface area contributed by atoms with Gasteiger partial charge in [0.25, 0.3) is 0 Å². The van der Waals surface area contributed by atoms with E-state index in [2.05, 4.69) is 10.3 Å². The van der Waals surface area contributed by atoms with Gasteiger partial charge in [-0.25, -0.2) is 9.98 Å². The summed E-state index contributed by atoms with van der Waals surface area (Å²) >= 11 is 18.5. The van der Waals surface area contributed by atoms with Crippen molar-refractivity contribution in [3.63, 3.8) is 0 Å². The van der Waals surface area contributed by atoms with E-state index in [1.807, 2.05) is 34.9 Å². The molecular formula is C24H30Cl3N5O2. The predicted octanol–water partition coefficient (Wildman–Crippen LogP) is 5.22. The van der Waals surface area contributed by atoms with Gasteiger partial charge in [-0.1, -0.05) is 91.5 Å². The number of aromatic nitrogens is 2. The molecule has 1 heterocycles. The molecule has 2 saturated carbocycles. The minimum absolute atomic E-state index is 0.114. The third-order valence-electron chi connectivity index (χ3n) is 6.42. The fraction of sp³-hybridized carbons (Fsp3) is 0.583. The molecule has 2 aromatic rings. The van der Waals surface area contributed by atoms with Gasteiger partial charge in [0.05, 0.1) is 6.04 Å². The average molecular weight is 527 g/mol. The molecule has 0 bridgehead atoms. The number of hydrogen-bond acceptors (Lipinski definition) is 5. The van der Waals surface area contributed by atoms with Crippen molar-refractivity contribution < 1.29 is 9.21 Å². The van der Waals surface area contributed by atoms with Crippen molar-refractivity contribution in [2.75, 3.05) is 0 Å². The highest BCUT2D eigenvalue weighted by Crippen LogP contribution is 2.31. The van der Waals surface area contributed by atoms with Crippen LogP contribution < -0.4 is 16.6 Å². The minimum atomic E-state index is -1.85. The van der Waals surface area contributed by atoms with Gasteiger partial charge in [-0.3, -0.25) is 9.36 Å². The van der Waals surface area contributed by atoms with Crippen molar-refractivity contribution in [1.82, 2.24) is 14.9 Å². The molecule has 1 amide bonds. The zero-order valence-corrected chi connectivity index (χ0v) is 21.3. The first-order chi connectivity index (χ1) is 16.5. The fourth-order valence-electron chi connectivity index (χ4n) is 4.68. The Morgan fingerprint density at radius 2 is 1.68 bits per heavy atom. The van der Waals surface area contributed by atoms with Gasteiger partial charge >= 0.3 is 5.68 Å². The molecule has 0 saturated heterocycles. The lowest BCUT2D eigenvalue weighted by Gasteiger charge is -2.26. The Morgan fingerprint density at radius 3 is 2.29 bits per heavy atom. The Bertz CT molecular complexity index is 1080. The summed E-state index contributed by atoms with van der Waals surface area (Å²) < 4.78 is 6.46. The molecule has 7 nitrogen and oxygen atoms in total. The van der Waals surface area contributed by atoms with Crippen LogP contribution in [-0.2, 0) is 4.79 Å². The van der Waals surface area contributed by atoms with Crippen LogP contribution in [0.3, 0.4) is 0 Å². The van der Waals surface area contributed by atoms with Gasteiger partial charge in [0.1, 0.15) is 0 Å². The number of rotatable bonds is 6. The maximum absolute atomic E-state index is 11.2. The van der Waals surface area contributed by atoms with E-state index >= 15 is 0 Å². The summed E-state index contributed by atoms with van der Waals surface area (Å²) in [5.74, 6) is 0.384. The average Bonchev–Trinajstić information content (AvgIpc) is 2.85. The van der Waals surface area contributed by atoms with E-state index in [9.17, 15) is 4.79 Å². The first kappa shape index (κ1) is 25.3. The predicted molar refractivity (Wildman–Crippen MR) is 133 cm³/mol. The molecule has 2 aliphatic rings. The van der Waals surface area contributed by atoms with E-state index in [0.717, 1.165) is 56.9 Å². The fourth-order valence-corrected chi connectivity index (χ4v) is 5.02. The van der Waals surface area contributed by atoms with Crippen molar-refractivity contribution in [2.45, 2.75) is 86.3 Å².